The highest BCUT2D eigenvalue weighted by Gasteiger charge is 2.42. The second-order valence-corrected chi connectivity index (χ2v) is 9.51. The first-order chi connectivity index (χ1) is 11.5. The van der Waals surface area contributed by atoms with E-state index in [0.717, 1.165) is 15.4 Å². The largest absolute Gasteiger partial charge is 0.369 e. The number of hydrogen-bond acceptors (Lipinski definition) is 4. The molecule has 0 bridgehead atoms. The van der Waals surface area contributed by atoms with Crippen molar-refractivity contribution in [1.29, 1.82) is 0 Å². The molecular weight excluding hydrogens is 365 g/mol. The van der Waals surface area contributed by atoms with Crippen LogP contribution in [0, 0.1) is 11.7 Å². The van der Waals surface area contributed by atoms with Crippen LogP contribution < -0.4 is 5.73 Å². The maximum absolute atomic E-state index is 14.9. The van der Waals surface area contributed by atoms with Crippen LogP contribution in [0.25, 0.3) is 5.03 Å². The van der Waals surface area contributed by atoms with Crippen molar-refractivity contribution < 1.29 is 12.8 Å². The van der Waals surface area contributed by atoms with Gasteiger partial charge in [0.05, 0.1) is 5.75 Å². The number of halogens is 2. The number of aliphatic imine (C=N–C) groups is 1. The average molecular weight is 386 g/mol. The summed E-state index contributed by atoms with van der Waals surface area (Å²) in [7, 11) is -2.32. The molecule has 2 aliphatic rings. The standard InChI is InChI=1S/C17H21ClFN3O2S/c1-9(2)11-5-10-6-13(14(19)7-12(10)15(11)18)17(3)8-25(23,24)22(4)16(20)21-17/h6-7,9H,5,8H2,1-4H3,(H2,20,21)/t17-/m0/s1. The molecule has 25 heavy (non-hydrogen) atoms. The van der Waals surface area contributed by atoms with Gasteiger partial charge in [0.15, 0.2) is 0 Å². The summed E-state index contributed by atoms with van der Waals surface area (Å²) in [4.78, 5) is 4.28. The van der Waals surface area contributed by atoms with Crippen LogP contribution in [0.1, 0.15) is 37.5 Å². The van der Waals surface area contributed by atoms with Crippen LogP contribution in [-0.4, -0.2) is 31.5 Å². The molecule has 0 unspecified atom stereocenters. The Labute approximate surface area is 152 Å². The molecule has 0 radical (unpaired) electrons. The maximum Gasteiger partial charge on any atom is 0.239 e. The minimum Gasteiger partial charge on any atom is -0.369 e. The van der Waals surface area contributed by atoms with Gasteiger partial charge in [0.2, 0.25) is 16.0 Å². The predicted octanol–water partition coefficient (Wildman–Crippen LogP) is 2.79. The number of nitrogens with two attached hydrogens (primary N) is 1. The zero-order valence-corrected chi connectivity index (χ0v) is 16.2. The minimum atomic E-state index is -3.66. The molecule has 2 N–H and O–H groups in total. The van der Waals surface area contributed by atoms with Gasteiger partial charge in [-0.05, 0) is 48.1 Å². The topological polar surface area (TPSA) is 75.8 Å². The van der Waals surface area contributed by atoms with E-state index in [4.69, 9.17) is 17.3 Å². The van der Waals surface area contributed by atoms with E-state index in [2.05, 4.69) is 4.99 Å². The fraction of sp³-hybridized carbons (Fsp3) is 0.471. The van der Waals surface area contributed by atoms with Gasteiger partial charge < -0.3 is 5.73 Å². The van der Waals surface area contributed by atoms with E-state index in [1.165, 1.54) is 13.1 Å². The molecule has 136 valence electrons. The van der Waals surface area contributed by atoms with Gasteiger partial charge in [-0.1, -0.05) is 25.4 Å². The van der Waals surface area contributed by atoms with E-state index in [1.807, 2.05) is 13.8 Å². The fourth-order valence-corrected chi connectivity index (χ4v) is 5.29. The molecule has 1 aliphatic heterocycles. The highest BCUT2D eigenvalue weighted by atomic mass is 35.5. The first-order valence-electron chi connectivity index (χ1n) is 8.00. The number of benzene rings is 1. The van der Waals surface area contributed by atoms with Crippen molar-refractivity contribution in [3.05, 3.63) is 40.2 Å². The first kappa shape index (κ1) is 18.2. The Hall–Kier alpha value is -1.60. The Morgan fingerprint density at radius 1 is 1.40 bits per heavy atom. The summed E-state index contributed by atoms with van der Waals surface area (Å²) in [6, 6.07) is 3.06. The molecule has 3 rings (SSSR count). The smallest absolute Gasteiger partial charge is 0.239 e. The van der Waals surface area contributed by atoms with E-state index >= 15 is 0 Å². The maximum atomic E-state index is 14.9. The number of nitrogens with zero attached hydrogens (tertiary/aromatic N) is 2. The third kappa shape index (κ3) is 2.83. The molecule has 1 aliphatic carbocycles. The van der Waals surface area contributed by atoms with Crippen LogP contribution >= 0.6 is 11.6 Å². The summed E-state index contributed by atoms with van der Waals surface area (Å²) in [5.74, 6) is -0.766. The number of sulfonamides is 1. The zero-order valence-electron chi connectivity index (χ0n) is 14.6. The van der Waals surface area contributed by atoms with Crippen molar-refractivity contribution >= 4 is 32.6 Å². The molecule has 0 spiro atoms. The van der Waals surface area contributed by atoms with Gasteiger partial charge in [-0.15, -0.1) is 0 Å². The molecule has 0 saturated heterocycles. The average Bonchev–Trinajstić information content (AvgIpc) is 2.80. The molecule has 0 aromatic heterocycles. The van der Waals surface area contributed by atoms with Crippen LogP contribution in [0.3, 0.4) is 0 Å². The third-order valence-electron chi connectivity index (χ3n) is 4.93. The van der Waals surface area contributed by atoms with E-state index in [-0.39, 0.29) is 23.2 Å². The number of rotatable bonds is 2. The van der Waals surface area contributed by atoms with Gasteiger partial charge in [-0.3, -0.25) is 0 Å². The summed E-state index contributed by atoms with van der Waals surface area (Å²) in [6.45, 7) is 5.66. The second kappa shape index (κ2) is 5.71. The van der Waals surface area contributed by atoms with Crippen LogP contribution in [-0.2, 0) is 22.0 Å². The molecule has 0 fully saturated rings. The zero-order chi connectivity index (χ0) is 18.7. The lowest BCUT2D eigenvalue weighted by atomic mass is 9.90. The normalized spacial score (nSPS) is 25.4. The highest BCUT2D eigenvalue weighted by Crippen LogP contribution is 2.42. The van der Waals surface area contributed by atoms with Gasteiger partial charge in [0, 0.05) is 17.6 Å². The van der Waals surface area contributed by atoms with Crippen molar-refractivity contribution in [1.82, 2.24) is 4.31 Å². The monoisotopic (exact) mass is 385 g/mol. The van der Waals surface area contributed by atoms with Crippen LogP contribution in [0.4, 0.5) is 4.39 Å². The van der Waals surface area contributed by atoms with Crippen LogP contribution in [0.15, 0.2) is 22.7 Å². The molecule has 0 amide bonds. The number of guanidine groups is 1. The Morgan fingerprint density at radius 2 is 2.04 bits per heavy atom. The van der Waals surface area contributed by atoms with E-state index in [1.54, 1.807) is 13.0 Å². The summed E-state index contributed by atoms with van der Waals surface area (Å²) in [6.07, 6.45) is 0.626. The highest BCUT2D eigenvalue weighted by molar-refractivity contribution is 7.89. The summed E-state index contributed by atoms with van der Waals surface area (Å²) in [5.41, 5.74) is 7.31. The molecule has 1 aromatic rings. The van der Waals surface area contributed by atoms with Crippen molar-refractivity contribution in [2.45, 2.75) is 32.7 Å². The third-order valence-corrected chi connectivity index (χ3v) is 7.33. The van der Waals surface area contributed by atoms with E-state index in [9.17, 15) is 12.8 Å². The van der Waals surface area contributed by atoms with Gasteiger partial charge in [-0.2, -0.15) is 0 Å². The minimum absolute atomic E-state index is 0.146. The lowest BCUT2D eigenvalue weighted by molar-refractivity contribution is 0.457. The van der Waals surface area contributed by atoms with Crippen LogP contribution in [0.5, 0.6) is 0 Å². The lowest BCUT2D eigenvalue weighted by Gasteiger charge is -2.34. The van der Waals surface area contributed by atoms with Crippen LogP contribution in [0.2, 0.25) is 0 Å². The summed E-state index contributed by atoms with van der Waals surface area (Å²) < 4.78 is 40.4. The molecule has 1 atom stereocenters. The number of fused-ring (bicyclic) bond motifs is 1. The van der Waals surface area contributed by atoms with Crippen molar-refractivity contribution in [2.75, 3.05) is 12.8 Å². The SMILES string of the molecule is CC(C)C1=C(Cl)c2cc(F)c([C@]3(C)CS(=O)(=O)N(C)C(N)=N3)cc2C1. The quantitative estimate of drug-likeness (QED) is 0.850. The Balaban J connectivity index is 2.13. The van der Waals surface area contributed by atoms with E-state index < -0.39 is 21.4 Å². The van der Waals surface area contributed by atoms with Crippen molar-refractivity contribution in [3.8, 4) is 0 Å². The van der Waals surface area contributed by atoms with Gasteiger partial charge in [0.25, 0.3) is 0 Å². The fourth-order valence-electron chi connectivity index (χ4n) is 3.38. The van der Waals surface area contributed by atoms with Crippen molar-refractivity contribution in [2.24, 2.45) is 16.6 Å². The van der Waals surface area contributed by atoms with E-state index in [0.29, 0.717) is 17.0 Å². The molecule has 5 nitrogen and oxygen atoms in total. The predicted molar refractivity (Wildman–Crippen MR) is 98.2 cm³/mol. The lowest BCUT2D eigenvalue weighted by Crippen LogP contribution is -2.50. The van der Waals surface area contributed by atoms with Gasteiger partial charge in [0.1, 0.15) is 11.4 Å². The number of hydrogen-bond donors (Lipinski definition) is 1. The Morgan fingerprint density at radius 3 is 2.60 bits per heavy atom. The molecular formula is C17H21ClFN3O2S. The summed E-state index contributed by atoms with van der Waals surface area (Å²) >= 11 is 6.40. The second-order valence-electron chi connectivity index (χ2n) is 7.13. The Kier molecular flexibility index (Phi) is 4.15. The molecule has 0 saturated carbocycles. The Bertz CT molecular complexity index is 924. The van der Waals surface area contributed by atoms with Gasteiger partial charge in [-0.25, -0.2) is 22.1 Å². The molecule has 1 heterocycles. The molecule has 8 heteroatoms. The first-order valence-corrected chi connectivity index (χ1v) is 9.99. The number of allylic oxidation sites excluding steroid dienone is 1. The summed E-state index contributed by atoms with van der Waals surface area (Å²) in [5, 5.41) is 0.583. The van der Waals surface area contributed by atoms with Crippen molar-refractivity contribution in [3.63, 3.8) is 0 Å². The van der Waals surface area contributed by atoms with Gasteiger partial charge >= 0.3 is 0 Å². The molecule has 1 aromatic carbocycles.